The van der Waals surface area contributed by atoms with Gasteiger partial charge >= 0.3 is 0 Å². The van der Waals surface area contributed by atoms with Crippen LogP contribution in [0.4, 0.5) is 0 Å². The van der Waals surface area contributed by atoms with Crippen LogP contribution in [0.15, 0.2) is 0 Å². The third-order valence-electron chi connectivity index (χ3n) is 3.85. The van der Waals surface area contributed by atoms with Crippen molar-refractivity contribution in [2.24, 2.45) is 10.8 Å². The van der Waals surface area contributed by atoms with Crippen molar-refractivity contribution in [3.8, 4) is 6.07 Å². The van der Waals surface area contributed by atoms with Crippen LogP contribution in [0, 0.1) is 22.2 Å². The molecule has 0 spiro atoms. The van der Waals surface area contributed by atoms with Crippen molar-refractivity contribution in [2.45, 2.75) is 59.5 Å². The highest BCUT2D eigenvalue weighted by molar-refractivity contribution is 4.91. The van der Waals surface area contributed by atoms with E-state index in [1.54, 1.807) is 0 Å². The van der Waals surface area contributed by atoms with Gasteiger partial charge in [-0.2, -0.15) is 5.26 Å². The van der Waals surface area contributed by atoms with Crippen LogP contribution in [0.3, 0.4) is 0 Å². The molecule has 0 aliphatic carbocycles. The molecule has 3 heteroatoms. The number of hydrogen-bond acceptors (Lipinski definition) is 3. The monoisotopic (exact) mass is 252 g/mol. The zero-order valence-electron chi connectivity index (χ0n) is 12.4. The normalized spacial score (nSPS) is 23.6. The van der Waals surface area contributed by atoms with Gasteiger partial charge < -0.3 is 10.1 Å². The lowest BCUT2D eigenvalue weighted by Gasteiger charge is -2.38. The lowest BCUT2D eigenvalue weighted by molar-refractivity contribution is -0.0442. The topological polar surface area (TPSA) is 45.0 Å². The first-order valence-electron chi connectivity index (χ1n) is 7.11. The highest BCUT2D eigenvalue weighted by Crippen LogP contribution is 2.28. The SMILES string of the molecule is CC(C)(C#N)CCCCOC1CCNCC1(C)C. The maximum atomic E-state index is 8.93. The molecule has 1 aliphatic heterocycles. The van der Waals surface area contributed by atoms with Gasteiger partial charge in [0.15, 0.2) is 0 Å². The molecule has 0 aromatic heterocycles. The van der Waals surface area contributed by atoms with Crippen molar-refractivity contribution in [1.82, 2.24) is 5.32 Å². The zero-order chi connectivity index (χ0) is 13.6. The van der Waals surface area contributed by atoms with Gasteiger partial charge in [-0.05, 0) is 46.1 Å². The molecule has 18 heavy (non-hydrogen) atoms. The van der Waals surface area contributed by atoms with Crippen LogP contribution in [0.5, 0.6) is 0 Å². The Balaban J connectivity index is 2.16. The van der Waals surface area contributed by atoms with Gasteiger partial charge in [-0.1, -0.05) is 13.8 Å². The molecule has 0 saturated carbocycles. The van der Waals surface area contributed by atoms with E-state index >= 15 is 0 Å². The summed E-state index contributed by atoms with van der Waals surface area (Å²) < 4.78 is 6.02. The molecule has 1 heterocycles. The number of nitrogens with zero attached hydrogens (tertiary/aromatic N) is 1. The predicted octanol–water partition coefficient (Wildman–Crippen LogP) is 3.11. The minimum atomic E-state index is -0.186. The highest BCUT2D eigenvalue weighted by Gasteiger charge is 2.32. The minimum Gasteiger partial charge on any atom is -0.378 e. The van der Waals surface area contributed by atoms with Gasteiger partial charge in [0.05, 0.1) is 17.6 Å². The number of hydrogen-bond donors (Lipinski definition) is 1. The minimum absolute atomic E-state index is 0.186. The molecule has 0 amide bonds. The summed E-state index contributed by atoms with van der Waals surface area (Å²) in [7, 11) is 0. The molecule has 1 aliphatic rings. The quantitative estimate of drug-likeness (QED) is 0.739. The van der Waals surface area contributed by atoms with E-state index in [1.165, 1.54) is 0 Å². The Morgan fingerprint density at radius 3 is 2.72 bits per heavy atom. The lowest BCUT2D eigenvalue weighted by Crippen LogP contribution is -2.47. The number of ether oxygens (including phenoxy) is 1. The Hall–Kier alpha value is -0.590. The molecule has 1 atom stereocenters. The van der Waals surface area contributed by atoms with Crippen molar-refractivity contribution < 1.29 is 4.74 Å². The summed E-state index contributed by atoms with van der Waals surface area (Å²) in [5, 5.41) is 12.4. The van der Waals surface area contributed by atoms with Gasteiger partial charge in [-0.25, -0.2) is 0 Å². The maximum absolute atomic E-state index is 8.93. The fraction of sp³-hybridized carbons (Fsp3) is 0.933. The summed E-state index contributed by atoms with van der Waals surface area (Å²) in [4.78, 5) is 0. The molecular formula is C15H28N2O. The third-order valence-corrected chi connectivity index (χ3v) is 3.85. The Morgan fingerprint density at radius 2 is 2.11 bits per heavy atom. The lowest BCUT2D eigenvalue weighted by atomic mass is 9.82. The summed E-state index contributed by atoms with van der Waals surface area (Å²) in [5.41, 5.74) is 0.0538. The average Bonchev–Trinajstić information content (AvgIpc) is 2.30. The fourth-order valence-electron chi connectivity index (χ4n) is 2.41. The smallest absolute Gasteiger partial charge is 0.0683 e. The standard InChI is InChI=1S/C15H28N2O/c1-14(2,11-16)8-5-6-10-18-13-7-9-17-12-15(13,3)4/h13,17H,5-10,12H2,1-4H3. The van der Waals surface area contributed by atoms with Crippen LogP contribution in [0.1, 0.15) is 53.4 Å². The average molecular weight is 252 g/mol. The van der Waals surface area contributed by atoms with Crippen LogP contribution in [0.25, 0.3) is 0 Å². The second-order valence-corrected chi connectivity index (χ2v) is 6.77. The molecule has 0 aromatic rings. The summed E-state index contributed by atoms with van der Waals surface area (Å²) in [6.45, 7) is 11.5. The summed E-state index contributed by atoms with van der Waals surface area (Å²) >= 11 is 0. The molecule has 0 aromatic carbocycles. The first-order valence-corrected chi connectivity index (χ1v) is 7.11. The molecule has 0 bridgehead atoms. The number of nitrogens with one attached hydrogen (secondary N) is 1. The van der Waals surface area contributed by atoms with Crippen molar-refractivity contribution in [3.63, 3.8) is 0 Å². The van der Waals surface area contributed by atoms with Crippen molar-refractivity contribution in [3.05, 3.63) is 0 Å². The molecular weight excluding hydrogens is 224 g/mol. The van der Waals surface area contributed by atoms with Crippen molar-refractivity contribution >= 4 is 0 Å². The molecule has 1 fully saturated rings. The molecule has 1 rings (SSSR count). The van der Waals surface area contributed by atoms with Gasteiger partial charge in [0.1, 0.15) is 0 Å². The van der Waals surface area contributed by atoms with E-state index in [0.29, 0.717) is 6.10 Å². The van der Waals surface area contributed by atoms with Crippen LogP contribution in [0.2, 0.25) is 0 Å². The van der Waals surface area contributed by atoms with E-state index in [9.17, 15) is 0 Å². The predicted molar refractivity (Wildman–Crippen MR) is 74.3 cm³/mol. The van der Waals surface area contributed by atoms with Gasteiger partial charge in [-0.3, -0.25) is 0 Å². The van der Waals surface area contributed by atoms with Crippen LogP contribution in [-0.2, 0) is 4.74 Å². The number of nitriles is 1. The van der Waals surface area contributed by atoms with Crippen LogP contribution in [-0.4, -0.2) is 25.8 Å². The largest absolute Gasteiger partial charge is 0.378 e. The summed E-state index contributed by atoms with van der Waals surface area (Å²) in [6.07, 6.45) is 4.58. The third kappa shape index (κ3) is 4.96. The Labute approximate surface area is 112 Å². The molecule has 0 radical (unpaired) electrons. The Kier molecular flexibility index (Phi) is 5.62. The van der Waals surface area contributed by atoms with Gasteiger partial charge in [0, 0.05) is 18.6 Å². The molecule has 104 valence electrons. The van der Waals surface area contributed by atoms with Gasteiger partial charge in [0.2, 0.25) is 0 Å². The van der Waals surface area contributed by atoms with E-state index in [4.69, 9.17) is 10.00 Å². The molecule has 3 nitrogen and oxygen atoms in total. The van der Waals surface area contributed by atoms with Gasteiger partial charge in [0.25, 0.3) is 0 Å². The number of unbranched alkanes of at least 4 members (excludes halogenated alkanes) is 1. The summed E-state index contributed by atoms with van der Waals surface area (Å²) in [5.74, 6) is 0. The van der Waals surface area contributed by atoms with Crippen molar-refractivity contribution in [1.29, 1.82) is 5.26 Å². The zero-order valence-corrected chi connectivity index (χ0v) is 12.4. The van der Waals surface area contributed by atoms with Gasteiger partial charge in [-0.15, -0.1) is 0 Å². The van der Waals surface area contributed by atoms with Crippen molar-refractivity contribution in [2.75, 3.05) is 19.7 Å². The molecule has 1 unspecified atom stereocenters. The Morgan fingerprint density at radius 1 is 1.39 bits per heavy atom. The fourth-order valence-corrected chi connectivity index (χ4v) is 2.41. The Bertz CT molecular complexity index is 291. The van der Waals surface area contributed by atoms with E-state index < -0.39 is 0 Å². The molecule has 1 N–H and O–H groups in total. The first-order chi connectivity index (χ1) is 8.37. The van der Waals surface area contributed by atoms with E-state index in [0.717, 1.165) is 45.4 Å². The van der Waals surface area contributed by atoms with Crippen LogP contribution < -0.4 is 5.32 Å². The number of piperidine rings is 1. The van der Waals surface area contributed by atoms with E-state index in [2.05, 4.69) is 25.2 Å². The second-order valence-electron chi connectivity index (χ2n) is 6.77. The van der Waals surface area contributed by atoms with E-state index in [1.807, 2.05) is 13.8 Å². The second kappa shape index (κ2) is 6.54. The first kappa shape index (κ1) is 15.5. The summed E-state index contributed by atoms with van der Waals surface area (Å²) in [6, 6.07) is 2.35. The highest BCUT2D eigenvalue weighted by atomic mass is 16.5. The number of rotatable bonds is 6. The maximum Gasteiger partial charge on any atom is 0.0683 e. The molecule has 1 saturated heterocycles. The van der Waals surface area contributed by atoms with Crippen LogP contribution >= 0.6 is 0 Å². The van der Waals surface area contributed by atoms with E-state index in [-0.39, 0.29) is 10.8 Å².